The lowest BCUT2D eigenvalue weighted by Crippen LogP contribution is -2.30. The van der Waals surface area contributed by atoms with Crippen LogP contribution in [0.4, 0.5) is 5.69 Å². The molecule has 3 fully saturated rings. The van der Waals surface area contributed by atoms with Gasteiger partial charge in [0.05, 0.1) is 4.92 Å². The molecular formula is C14H14ClN3O3. The van der Waals surface area contributed by atoms with E-state index in [1.54, 1.807) is 0 Å². The average Bonchev–Trinajstić information content (AvgIpc) is 2.83. The summed E-state index contributed by atoms with van der Waals surface area (Å²) in [5, 5.41) is 14.0. The third kappa shape index (κ3) is 1.92. The highest BCUT2D eigenvalue weighted by Crippen LogP contribution is 2.65. The van der Waals surface area contributed by atoms with Crippen LogP contribution in [0.15, 0.2) is 12.3 Å². The second-order valence-electron chi connectivity index (χ2n) is 6.27. The molecule has 7 heteroatoms. The second-order valence-corrected chi connectivity index (χ2v) is 6.66. The summed E-state index contributed by atoms with van der Waals surface area (Å²) < 4.78 is 0. The van der Waals surface area contributed by atoms with Crippen molar-refractivity contribution in [3.05, 3.63) is 33.1 Å². The van der Waals surface area contributed by atoms with Gasteiger partial charge < -0.3 is 5.32 Å². The van der Waals surface area contributed by atoms with Gasteiger partial charge in [0.2, 0.25) is 0 Å². The van der Waals surface area contributed by atoms with Crippen LogP contribution in [-0.4, -0.2) is 21.9 Å². The summed E-state index contributed by atoms with van der Waals surface area (Å²) >= 11 is 5.76. The molecule has 2 bridgehead atoms. The number of nitrogens with one attached hydrogen (secondary N) is 1. The van der Waals surface area contributed by atoms with Crippen LogP contribution in [0.25, 0.3) is 0 Å². The number of carbonyl (C=O) groups excluding carboxylic acids is 1. The standard InChI is InChI=1S/C14H14ClN3O3/c15-10-4-8(9(5-16-10)18(20)21)14(19)17-13-11-6-1-2-7(3-6)12(11)13/h4-7,11-13H,1-3H2,(H,17,19). The predicted octanol–water partition coefficient (Wildman–Crippen LogP) is 2.42. The van der Waals surface area contributed by atoms with E-state index in [1.165, 1.54) is 25.3 Å². The lowest BCUT2D eigenvalue weighted by Gasteiger charge is -2.10. The summed E-state index contributed by atoms with van der Waals surface area (Å²) in [4.78, 5) is 26.4. The Balaban J connectivity index is 1.54. The maximum atomic E-state index is 12.3. The number of nitro groups is 1. The highest BCUT2D eigenvalue weighted by molar-refractivity contribution is 6.29. The number of fused-ring (bicyclic) bond motifs is 5. The molecule has 1 heterocycles. The summed E-state index contributed by atoms with van der Waals surface area (Å²) in [7, 11) is 0. The Hall–Kier alpha value is -1.69. The van der Waals surface area contributed by atoms with Crippen LogP contribution in [0.5, 0.6) is 0 Å². The smallest absolute Gasteiger partial charge is 0.300 e. The maximum Gasteiger partial charge on any atom is 0.300 e. The van der Waals surface area contributed by atoms with Crippen molar-refractivity contribution in [1.82, 2.24) is 10.3 Å². The molecular weight excluding hydrogens is 294 g/mol. The molecule has 6 nitrogen and oxygen atoms in total. The zero-order valence-electron chi connectivity index (χ0n) is 11.2. The molecule has 21 heavy (non-hydrogen) atoms. The Kier molecular flexibility index (Phi) is 2.73. The molecule has 0 aromatic carbocycles. The lowest BCUT2D eigenvalue weighted by molar-refractivity contribution is -0.385. The Morgan fingerprint density at radius 2 is 2.05 bits per heavy atom. The van der Waals surface area contributed by atoms with Gasteiger partial charge in [0.15, 0.2) is 0 Å². The first-order valence-electron chi connectivity index (χ1n) is 7.17. The highest BCUT2D eigenvalue weighted by atomic mass is 35.5. The zero-order chi connectivity index (χ0) is 14.7. The fraction of sp³-hybridized carbons (Fsp3) is 0.571. The van der Waals surface area contributed by atoms with E-state index in [1.807, 2.05) is 0 Å². The second kappa shape index (κ2) is 4.40. The molecule has 3 aliphatic rings. The number of aromatic nitrogens is 1. The van der Waals surface area contributed by atoms with Crippen molar-refractivity contribution < 1.29 is 9.72 Å². The molecule has 110 valence electrons. The molecule has 0 aliphatic heterocycles. The van der Waals surface area contributed by atoms with Crippen molar-refractivity contribution in [2.45, 2.75) is 25.3 Å². The summed E-state index contributed by atoms with van der Waals surface area (Å²) in [6, 6.07) is 1.46. The third-order valence-electron chi connectivity index (χ3n) is 5.32. The van der Waals surface area contributed by atoms with Crippen molar-refractivity contribution in [2.24, 2.45) is 23.7 Å². The fourth-order valence-electron chi connectivity index (χ4n) is 4.50. The number of amides is 1. The van der Waals surface area contributed by atoms with E-state index in [-0.39, 0.29) is 22.4 Å². The van der Waals surface area contributed by atoms with Crippen molar-refractivity contribution >= 4 is 23.2 Å². The van der Waals surface area contributed by atoms with Crippen molar-refractivity contribution in [3.8, 4) is 0 Å². The van der Waals surface area contributed by atoms with Crippen LogP contribution in [0.2, 0.25) is 5.15 Å². The van der Waals surface area contributed by atoms with Gasteiger partial charge >= 0.3 is 0 Å². The number of nitrogens with zero attached hydrogens (tertiary/aromatic N) is 2. The molecule has 3 aliphatic carbocycles. The first kappa shape index (κ1) is 13.0. The van der Waals surface area contributed by atoms with Crippen molar-refractivity contribution in [2.75, 3.05) is 0 Å². The van der Waals surface area contributed by atoms with Gasteiger partial charge in [0, 0.05) is 6.04 Å². The Morgan fingerprint density at radius 1 is 1.38 bits per heavy atom. The number of halogens is 1. The number of hydrogen-bond donors (Lipinski definition) is 1. The molecule has 0 saturated heterocycles. The van der Waals surface area contributed by atoms with Gasteiger partial charge in [0.25, 0.3) is 11.6 Å². The zero-order valence-corrected chi connectivity index (χ0v) is 11.9. The van der Waals surface area contributed by atoms with Crippen LogP contribution in [0, 0.1) is 33.8 Å². The summed E-state index contributed by atoms with van der Waals surface area (Å²) in [5.74, 6) is 2.24. The van der Waals surface area contributed by atoms with Crippen LogP contribution in [0.3, 0.4) is 0 Å². The first-order chi connectivity index (χ1) is 10.1. The van der Waals surface area contributed by atoms with Crippen molar-refractivity contribution in [1.29, 1.82) is 0 Å². The number of rotatable bonds is 3. The fourth-order valence-corrected chi connectivity index (χ4v) is 4.66. The maximum absolute atomic E-state index is 12.3. The van der Waals surface area contributed by atoms with E-state index in [4.69, 9.17) is 11.6 Å². The SMILES string of the molecule is O=C(NC1C2C3CCC(C3)C12)c1cc(Cl)ncc1[N+](=O)[O-]. The van der Waals surface area contributed by atoms with Crippen LogP contribution in [0.1, 0.15) is 29.6 Å². The van der Waals surface area contributed by atoms with E-state index in [0.29, 0.717) is 11.8 Å². The van der Waals surface area contributed by atoms with Gasteiger partial charge in [-0.15, -0.1) is 0 Å². The minimum Gasteiger partial charge on any atom is -0.348 e. The van der Waals surface area contributed by atoms with Crippen LogP contribution < -0.4 is 5.32 Å². The quantitative estimate of drug-likeness (QED) is 0.528. The molecule has 4 unspecified atom stereocenters. The first-order valence-corrected chi connectivity index (χ1v) is 7.55. The topological polar surface area (TPSA) is 85.1 Å². The largest absolute Gasteiger partial charge is 0.348 e. The number of pyridine rings is 1. The van der Waals surface area contributed by atoms with Gasteiger partial charge in [-0.25, -0.2) is 4.98 Å². The molecule has 0 spiro atoms. The van der Waals surface area contributed by atoms with Gasteiger partial charge in [0.1, 0.15) is 16.9 Å². The minimum atomic E-state index is -0.602. The lowest BCUT2D eigenvalue weighted by atomic mass is 10.0. The molecule has 0 radical (unpaired) electrons. The summed E-state index contributed by atoms with van der Waals surface area (Å²) in [6.45, 7) is 0. The third-order valence-corrected chi connectivity index (χ3v) is 5.53. The normalized spacial score (nSPS) is 35.4. The van der Waals surface area contributed by atoms with Gasteiger partial charge in [-0.1, -0.05) is 11.6 Å². The molecule has 1 N–H and O–H groups in total. The van der Waals surface area contributed by atoms with E-state index < -0.39 is 10.8 Å². The Bertz CT molecular complexity index is 634. The van der Waals surface area contributed by atoms with Gasteiger partial charge in [-0.3, -0.25) is 14.9 Å². The van der Waals surface area contributed by atoms with E-state index in [0.717, 1.165) is 18.0 Å². The molecule has 4 atom stereocenters. The molecule has 1 amide bonds. The summed E-state index contributed by atoms with van der Waals surface area (Å²) in [6.07, 6.45) is 4.86. The molecule has 3 saturated carbocycles. The monoisotopic (exact) mass is 307 g/mol. The minimum absolute atomic E-state index is 0.00248. The average molecular weight is 308 g/mol. The van der Waals surface area contributed by atoms with Crippen molar-refractivity contribution in [3.63, 3.8) is 0 Å². The van der Waals surface area contributed by atoms with Gasteiger partial charge in [-0.05, 0) is 49.0 Å². The predicted molar refractivity (Wildman–Crippen MR) is 75.0 cm³/mol. The molecule has 1 aromatic heterocycles. The Morgan fingerprint density at radius 3 is 2.67 bits per heavy atom. The highest BCUT2D eigenvalue weighted by Gasteiger charge is 2.65. The number of hydrogen-bond acceptors (Lipinski definition) is 4. The Labute approximate surface area is 126 Å². The van der Waals surface area contributed by atoms with E-state index in [9.17, 15) is 14.9 Å². The molecule has 1 aromatic rings. The van der Waals surface area contributed by atoms with Gasteiger partial charge in [-0.2, -0.15) is 0 Å². The van der Waals surface area contributed by atoms with E-state index >= 15 is 0 Å². The van der Waals surface area contributed by atoms with E-state index in [2.05, 4.69) is 10.3 Å². The van der Waals surface area contributed by atoms with Crippen LogP contribution >= 0.6 is 11.6 Å². The van der Waals surface area contributed by atoms with Crippen LogP contribution in [-0.2, 0) is 0 Å². The molecule has 4 rings (SSSR count). The summed E-state index contributed by atoms with van der Waals surface area (Å²) in [5.41, 5.74) is -0.303. The number of carbonyl (C=O) groups is 1.